The number of aryl methyl sites for hydroxylation is 2. The lowest BCUT2D eigenvalue weighted by Gasteiger charge is -2.16. The maximum atomic E-state index is 12.5. The van der Waals surface area contributed by atoms with Crippen LogP contribution in [0.5, 0.6) is 11.5 Å². The molecular formula is C20H26F2NO2+. The van der Waals surface area contributed by atoms with Gasteiger partial charge >= 0.3 is 6.61 Å². The van der Waals surface area contributed by atoms with Crippen molar-refractivity contribution in [2.24, 2.45) is 0 Å². The van der Waals surface area contributed by atoms with Crippen LogP contribution in [-0.4, -0.2) is 13.7 Å². The first-order valence-corrected chi connectivity index (χ1v) is 8.46. The summed E-state index contributed by atoms with van der Waals surface area (Å²) in [6.45, 7) is 3.74. The summed E-state index contributed by atoms with van der Waals surface area (Å²) in [6.07, 6.45) is 0.997. The van der Waals surface area contributed by atoms with Gasteiger partial charge in [-0.05, 0) is 61.4 Å². The Bertz CT molecular complexity index is 664. The molecule has 3 nitrogen and oxygen atoms in total. The fourth-order valence-corrected chi connectivity index (χ4v) is 3.10. The normalized spacial score (nSPS) is 12.3. The van der Waals surface area contributed by atoms with E-state index < -0.39 is 6.61 Å². The Morgan fingerprint density at radius 3 is 2.12 bits per heavy atom. The van der Waals surface area contributed by atoms with Crippen molar-refractivity contribution < 1.29 is 23.6 Å². The number of benzene rings is 2. The Hall–Kier alpha value is -2.14. The second-order valence-corrected chi connectivity index (χ2v) is 6.16. The highest BCUT2D eigenvalue weighted by molar-refractivity contribution is 5.43. The molecule has 0 fully saturated rings. The number of rotatable bonds is 8. The molecule has 0 saturated heterocycles. The molecule has 0 aromatic heterocycles. The van der Waals surface area contributed by atoms with Crippen molar-refractivity contribution in [1.82, 2.24) is 0 Å². The minimum atomic E-state index is -2.80. The highest BCUT2D eigenvalue weighted by Crippen LogP contribution is 2.26. The highest BCUT2D eigenvalue weighted by Gasteiger charge is 2.15. The molecule has 0 spiro atoms. The molecule has 0 amide bonds. The van der Waals surface area contributed by atoms with Gasteiger partial charge in [0.25, 0.3) is 0 Å². The number of nitrogens with two attached hydrogens (primary N) is 1. The van der Waals surface area contributed by atoms with Gasteiger partial charge in [-0.3, -0.25) is 0 Å². The number of hydrogen-bond acceptors (Lipinski definition) is 2. The summed E-state index contributed by atoms with van der Waals surface area (Å²) < 4.78 is 34.8. The molecule has 0 aliphatic carbocycles. The van der Waals surface area contributed by atoms with Crippen LogP contribution >= 0.6 is 0 Å². The van der Waals surface area contributed by atoms with E-state index in [2.05, 4.69) is 29.1 Å². The monoisotopic (exact) mass is 350 g/mol. The summed E-state index contributed by atoms with van der Waals surface area (Å²) in [7, 11) is 1.66. The molecule has 0 aliphatic heterocycles. The van der Waals surface area contributed by atoms with Gasteiger partial charge in [-0.2, -0.15) is 8.78 Å². The molecule has 2 rings (SSSR count). The Balaban J connectivity index is 2.08. The van der Waals surface area contributed by atoms with E-state index in [1.165, 1.54) is 5.56 Å². The fourth-order valence-electron chi connectivity index (χ4n) is 3.10. The molecule has 2 N–H and O–H groups in total. The minimum absolute atomic E-state index is 0.279. The maximum Gasteiger partial charge on any atom is 0.387 e. The first-order valence-electron chi connectivity index (χ1n) is 8.46. The number of halogens is 2. The van der Waals surface area contributed by atoms with Crippen molar-refractivity contribution in [2.75, 3.05) is 7.11 Å². The lowest BCUT2D eigenvalue weighted by molar-refractivity contribution is -0.711. The molecule has 1 atom stereocenters. The van der Waals surface area contributed by atoms with Crippen LogP contribution in [0.2, 0.25) is 0 Å². The van der Waals surface area contributed by atoms with Crippen LogP contribution in [-0.2, 0) is 6.54 Å². The molecule has 25 heavy (non-hydrogen) atoms. The van der Waals surface area contributed by atoms with Crippen LogP contribution in [0.15, 0.2) is 36.4 Å². The van der Waals surface area contributed by atoms with Gasteiger partial charge in [0, 0.05) is 17.5 Å². The van der Waals surface area contributed by atoms with Crippen LogP contribution in [0.1, 0.15) is 41.6 Å². The molecule has 5 heteroatoms. The van der Waals surface area contributed by atoms with E-state index in [-0.39, 0.29) is 5.75 Å². The first kappa shape index (κ1) is 19.2. The van der Waals surface area contributed by atoms with Crippen molar-refractivity contribution in [3.8, 4) is 11.5 Å². The van der Waals surface area contributed by atoms with Gasteiger partial charge in [0.1, 0.15) is 24.1 Å². The quantitative estimate of drug-likeness (QED) is 0.777. The summed E-state index contributed by atoms with van der Waals surface area (Å²) in [4.78, 5) is 0. The topological polar surface area (TPSA) is 35.1 Å². The van der Waals surface area contributed by atoms with Crippen molar-refractivity contribution >= 4 is 0 Å². The fraction of sp³-hybridized carbons (Fsp3) is 0.400. The molecule has 2 aromatic carbocycles. The zero-order valence-corrected chi connectivity index (χ0v) is 15.2. The number of ether oxygens (including phenoxy) is 2. The van der Waals surface area contributed by atoms with Gasteiger partial charge in [0.15, 0.2) is 0 Å². The van der Waals surface area contributed by atoms with E-state index >= 15 is 0 Å². The third-order valence-electron chi connectivity index (χ3n) is 4.35. The van der Waals surface area contributed by atoms with E-state index in [9.17, 15) is 8.78 Å². The molecule has 2 aromatic rings. The predicted octanol–water partition coefficient (Wildman–Crippen LogP) is 4.13. The summed E-state index contributed by atoms with van der Waals surface area (Å²) in [5.41, 5.74) is 3.82. The van der Waals surface area contributed by atoms with Gasteiger partial charge in [0.2, 0.25) is 0 Å². The maximum absolute atomic E-state index is 12.5. The van der Waals surface area contributed by atoms with Crippen LogP contribution < -0.4 is 14.8 Å². The smallest absolute Gasteiger partial charge is 0.387 e. The molecular weight excluding hydrogens is 324 g/mol. The summed E-state index contributed by atoms with van der Waals surface area (Å²) in [5, 5.41) is 2.27. The van der Waals surface area contributed by atoms with Gasteiger partial charge in [-0.25, -0.2) is 0 Å². The summed E-state index contributed by atoms with van der Waals surface area (Å²) in [5.74, 6) is 1.13. The Kier molecular flexibility index (Phi) is 6.76. The van der Waals surface area contributed by atoms with Gasteiger partial charge in [-0.15, -0.1) is 0 Å². The first-order chi connectivity index (χ1) is 11.9. The summed E-state index contributed by atoms with van der Waals surface area (Å²) >= 11 is 0. The van der Waals surface area contributed by atoms with Crippen LogP contribution in [0, 0.1) is 13.8 Å². The lowest BCUT2D eigenvalue weighted by atomic mass is 10.0. The molecule has 0 aliphatic rings. The molecule has 0 unspecified atom stereocenters. The third kappa shape index (κ3) is 5.16. The average molecular weight is 350 g/mol. The Morgan fingerprint density at radius 1 is 1.04 bits per heavy atom. The van der Waals surface area contributed by atoms with Gasteiger partial charge in [0.05, 0.1) is 7.11 Å². The number of methoxy groups -OCH3 is 1. The lowest BCUT2D eigenvalue weighted by Crippen LogP contribution is -2.83. The van der Waals surface area contributed by atoms with E-state index in [4.69, 9.17) is 4.74 Å². The van der Waals surface area contributed by atoms with E-state index in [1.807, 2.05) is 24.3 Å². The SMILES string of the molecule is CC[C@@H]([NH2+]Cc1cc(C)c(OC(F)F)c(C)c1)c1ccc(OC)cc1. The van der Waals surface area contributed by atoms with Crippen molar-refractivity contribution in [3.05, 3.63) is 58.7 Å². The average Bonchev–Trinajstić information content (AvgIpc) is 2.59. The number of quaternary nitrogens is 1. The minimum Gasteiger partial charge on any atom is -0.497 e. The van der Waals surface area contributed by atoms with E-state index in [0.29, 0.717) is 6.04 Å². The Morgan fingerprint density at radius 2 is 1.64 bits per heavy atom. The third-order valence-corrected chi connectivity index (χ3v) is 4.35. The van der Waals surface area contributed by atoms with Crippen molar-refractivity contribution in [3.63, 3.8) is 0 Å². The Labute approximate surface area is 148 Å². The largest absolute Gasteiger partial charge is 0.497 e. The molecule has 0 bridgehead atoms. The van der Waals surface area contributed by atoms with E-state index in [0.717, 1.165) is 35.4 Å². The second-order valence-electron chi connectivity index (χ2n) is 6.16. The van der Waals surface area contributed by atoms with Crippen LogP contribution in [0.3, 0.4) is 0 Å². The van der Waals surface area contributed by atoms with Gasteiger partial charge in [-0.1, -0.05) is 6.92 Å². The van der Waals surface area contributed by atoms with Crippen LogP contribution in [0.25, 0.3) is 0 Å². The highest BCUT2D eigenvalue weighted by atomic mass is 19.3. The molecule has 136 valence electrons. The zero-order valence-electron chi connectivity index (χ0n) is 15.2. The zero-order chi connectivity index (χ0) is 18.4. The molecule has 0 radical (unpaired) electrons. The van der Waals surface area contributed by atoms with Gasteiger partial charge < -0.3 is 14.8 Å². The number of hydrogen-bond donors (Lipinski definition) is 1. The number of alkyl halides is 2. The predicted molar refractivity (Wildman–Crippen MR) is 94.2 cm³/mol. The van der Waals surface area contributed by atoms with Crippen LogP contribution in [0.4, 0.5) is 8.78 Å². The van der Waals surface area contributed by atoms with Crippen molar-refractivity contribution in [1.29, 1.82) is 0 Å². The molecule has 0 saturated carbocycles. The summed E-state index contributed by atoms with van der Waals surface area (Å²) in [6, 6.07) is 12.3. The second kappa shape index (κ2) is 8.81. The standard InChI is InChI=1S/C20H25F2NO2/c1-5-18(16-6-8-17(24-4)9-7-16)23-12-15-10-13(2)19(14(3)11-15)25-20(21)22/h6-11,18,20,23H,5,12H2,1-4H3/p+1/t18-/m1/s1. The van der Waals surface area contributed by atoms with E-state index in [1.54, 1.807) is 21.0 Å². The van der Waals surface area contributed by atoms with Crippen molar-refractivity contribution in [2.45, 2.75) is 46.4 Å². The molecule has 0 heterocycles.